The van der Waals surface area contributed by atoms with Gasteiger partial charge in [-0.15, -0.1) is 4.36 Å². The molecule has 0 saturated carbocycles. The Kier molecular flexibility index (Phi) is 4.01. The molecule has 0 spiro atoms. The quantitative estimate of drug-likeness (QED) is 0.744. The maximum absolute atomic E-state index is 11.2. The van der Waals surface area contributed by atoms with Gasteiger partial charge in [-0.25, -0.2) is 4.79 Å². The van der Waals surface area contributed by atoms with Gasteiger partial charge < -0.3 is 9.47 Å². The topological polar surface area (TPSA) is 82.0 Å². The Morgan fingerprint density at radius 1 is 1.31 bits per heavy atom. The minimum absolute atomic E-state index is 0.128. The molecular weight excluding hydrogens is 234 g/mol. The Balaban J connectivity index is 3.27. The Labute approximate surface area is 93.5 Å². The van der Waals surface area contributed by atoms with Gasteiger partial charge in [0.25, 0.3) is 0 Å². The van der Waals surface area contributed by atoms with E-state index >= 15 is 0 Å². The van der Waals surface area contributed by atoms with Crippen molar-refractivity contribution >= 4 is 22.2 Å². The number of carbonyl (C=O) groups is 1. The maximum atomic E-state index is 11.2. The van der Waals surface area contributed by atoms with Crippen LogP contribution in [-0.4, -0.2) is 28.6 Å². The van der Waals surface area contributed by atoms with Crippen LogP contribution in [0, 0.1) is 0 Å². The van der Waals surface area contributed by atoms with Crippen molar-refractivity contribution in [1.82, 2.24) is 0 Å². The van der Waals surface area contributed by atoms with Crippen LogP contribution in [0.1, 0.15) is 10.4 Å². The van der Waals surface area contributed by atoms with Gasteiger partial charge in [0.15, 0.2) is 0 Å². The van der Waals surface area contributed by atoms with Crippen molar-refractivity contribution < 1.29 is 22.7 Å². The first-order valence-electron chi connectivity index (χ1n) is 4.16. The van der Waals surface area contributed by atoms with E-state index < -0.39 is 16.5 Å². The molecule has 0 aliphatic rings. The fourth-order valence-electron chi connectivity index (χ4n) is 1.08. The second-order valence-corrected chi connectivity index (χ2v) is 3.30. The van der Waals surface area contributed by atoms with Gasteiger partial charge in [-0.2, -0.15) is 8.42 Å². The summed E-state index contributed by atoms with van der Waals surface area (Å²) in [6.07, 6.45) is 0. The molecule has 16 heavy (non-hydrogen) atoms. The van der Waals surface area contributed by atoms with Gasteiger partial charge in [-0.3, -0.25) is 0 Å². The Bertz CT molecular complexity index is 527. The van der Waals surface area contributed by atoms with Gasteiger partial charge >= 0.3 is 16.5 Å². The molecule has 0 amide bonds. The second kappa shape index (κ2) is 5.26. The van der Waals surface area contributed by atoms with E-state index in [4.69, 9.17) is 4.74 Å². The van der Waals surface area contributed by atoms with Gasteiger partial charge in [0.05, 0.1) is 19.8 Å². The molecule has 0 aliphatic carbocycles. The lowest BCUT2D eigenvalue weighted by molar-refractivity contribution is 0.0600. The lowest BCUT2D eigenvalue weighted by Gasteiger charge is -2.04. The zero-order chi connectivity index (χ0) is 12.1. The first kappa shape index (κ1) is 12.2. The third-order valence-corrected chi connectivity index (χ3v) is 2.12. The normalized spacial score (nSPS) is 9.38. The predicted octanol–water partition coefficient (Wildman–Crippen LogP) is 1.18. The van der Waals surface area contributed by atoms with Crippen LogP contribution in [0.5, 0.6) is 5.75 Å². The lowest BCUT2D eigenvalue weighted by atomic mass is 10.2. The van der Waals surface area contributed by atoms with Gasteiger partial charge in [0.1, 0.15) is 11.4 Å². The van der Waals surface area contributed by atoms with E-state index in [9.17, 15) is 13.2 Å². The zero-order valence-corrected chi connectivity index (χ0v) is 9.45. The molecule has 0 aliphatic heterocycles. The smallest absolute Gasteiger partial charge is 0.337 e. The monoisotopic (exact) mass is 243 g/mol. The van der Waals surface area contributed by atoms with Crippen molar-refractivity contribution in [3.8, 4) is 5.75 Å². The second-order valence-electron chi connectivity index (χ2n) is 2.69. The number of hydrogen-bond donors (Lipinski definition) is 0. The lowest BCUT2D eigenvalue weighted by Crippen LogP contribution is -2.01. The summed E-state index contributed by atoms with van der Waals surface area (Å²) in [6.45, 7) is 0. The van der Waals surface area contributed by atoms with Crippen LogP contribution in [0.4, 0.5) is 5.69 Å². The summed E-state index contributed by atoms with van der Waals surface area (Å²) in [4.78, 5) is 11.2. The first-order valence-corrected chi connectivity index (χ1v) is 5.19. The third kappa shape index (κ3) is 2.80. The van der Waals surface area contributed by atoms with Gasteiger partial charge in [0, 0.05) is 0 Å². The van der Waals surface area contributed by atoms with Crippen molar-refractivity contribution in [2.24, 2.45) is 4.36 Å². The minimum Gasteiger partial charge on any atom is -0.494 e. The van der Waals surface area contributed by atoms with Crippen LogP contribution >= 0.6 is 0 Å². The Hall–Kier alpha value is -1.89. The molecule has 86 valence electrons. The molecule has 6 nitrogen and oxygen atoms in total. The van der Waals surface area contributed by atoms with Crippen molar-refractivity contribution in [2.45, 2.75) is 0 Å². The van der Waals surface area contributed by atoms with Crippen molar-refractivity contribution in [2.75, 3.05) is 14.2 Å². The molecule has 0 atom stereocenters. The Morgan fingerprint density at radius 2 is 2.00 bits per heavy atom. The van der Waals surface area contributed by atoms with Crippen LogP contribution in [0.15, 0.2) is 22.6 Å². The molecule has 0 saturated heterocycles. The molecule has 0 unspecified atom stereocenters. The fraction of sp³-hybridized carbons (Fsp3) is 0.222. The SMILES string of the molecule is COC(=O)c1ccc(N=S(=O)=O)c(OC)c1. The molecule has 0 radical (unpaired) electrons. The third-order valence-electron chi connectivity index (χ3n) is 1.77. The van der Waals surface area contributed by atoms with Gasteiger partial charge in [-0.1, -0.05) is 0 Å². The minimum atomic E-state index is -2.57. The van der Waals surface area contributed by atoms with E-state index in [1.807, 2.05) is 0 Å². The summed E-state index contributed by atoms with van der Waals surface area (Å²) in [5.41, 5.74) is 0.387. The number of methoxy groups -OCH3 is 2. The van der Waals surface area contributed by atoms with Crippen LogP contribution < -0.4 is 4.74 Å². The molecule has 1 aromatic rings. The summed E-state index contributed by atoms with van der Waals surface area (Å²) in [7, 11) is 0.0314. The van der Waals surface area contributed by atoms with Gasteiger partial charge in [-0.05, 0) is 18.2 Å². The standard InChI is InChI=1S/C9H9NO5S/c1-14-8-5-6(9(11)15-2)3-4-7(8)10-16(12)13/h3-5H,1-2H3. The number of hydrogen-bond acceptors (Lipinski definition) is 6. The molecule has 1 aromatic carbocycles. The highest BCUT2D eigenvalue weighted by atomic mass is 32.2. The number of esters is 1. The molecule has 0 fully saturated rings. The molecular formula is C9H9NO5S. The number of ether oxygens (including phenoxy) is 2. The average Bonchev–Trinajstić information content (AvgIpc) is 2.27. The van der Waals surface area contributed by atoms with E-state index in [1.54, 1.807) is 0 Å². The highest BCUT2D eigenvalue weighted by molar-refractivity contribution is 7.61. The molecule has 0 bridgehead atoms. The molecule has 0 aromatic heterocycles. The van der Waals surface area contributed by atoms with E-state index in [0.717, 1.165) is 0 Å². The van der Waals surface area contributed by atoms with Crippen LogP contribution in [0.2, 0.25) is 0 Å². The van der Waals surface area contributed by atoms with E-state index in [2.05, 4.69) is 9.10 Å². The Morgan fingerprint density at radius 3 is 2.50 bits per heavy atom. The number of carbonyl (C=O) groups excluding carboxylic acids is 1. The van der Waals surface area contributed by atoms with Crippen molar-refractivity contribution in [3.63, 3.8) is 0 Å². The fourth-order valence-corrected chi connectivity index (χ4v) is 1.39. The summed E-state index contributed by atoms with van der Waals surface area (Å²) in [5.74, 6) is -0.347. The van der Waals surface area contributed by atoms with Crippen molar-refractivity contribution in [3.05, 3.63) is 23.8 Å². The van der Waals surface area contributed by atoms with E-state index in [0.29, 0.717) is 0 Å². The van der Waals surface area contributed by atoms with Gasteiger partial charge in [0.2, 0.25) is 0 Å². The van der Waals surface area contributed by atoms with E-state index in [1.165, 1.54) is 32.4 Å². The van der Waals surface area contributed by atoms with E-state index in [-0.39, 0.29) is 17.0 Å². The number of nitrogens with zero attached hydrogens (tertiary/aromatic N) is 1. The molecule has 1 rings (SSSR count). The molecule has 0 N–H and O–H groups in total. The van der Waals surface area contributed by atoms with Crippen LogP contribution in [0.25, 0.3) is 0 Å². The summed E-state index contributed by atoms with van der Waals surface area (Å²) >= 11 is 0. The van der Waals surface area contributed by atoms with Crippen molar-refractivity contribution in [1.29, 1.82) is 0 Å². The number of benzene rings is 1. The highest BCUT2D eigenvalue weighted by Gasteiger charge is 2.10. The summed E-state index contributed by atoms with van der Waals surface area (Å²) in [5, 5.41) is 0. The zero-order valence-electron chi connectivity index (χ0n) is 8.63. The molecule has 0 heterocycles. The number of rotatable bonds is 3. The predicted molar refractivity (Wildman–Crippen MR) is 55.3 cm³/mol. The summed E-state index contributed by atoms with van der Waals surface area (Å²) < 4.78 is 33.5. The average molecular weight is 243 g/mol. The molecule has 7 heteroatoms. The van der Waals surface area contributed by atoms with Crippen LogP contribution in [0.3, 0.4) is 0 Å². The highest BCUT2D eigenvalue weighted by Crippen LogP contribution is 2.28. The largest absolute Gasteiger partial charge is 0.494 e. The maximum Gasteiger partial charge on any atom is 0.337 e. The first-order chi connectivity index (χ1) is 7.58. The van der Waals surface area contributed by atoms with Crippen LogP contribution in [-0.2, 0) is 15.2 Å². The summed E-state index contributed by atoms with van der Waals surface area (Å²) in [6, 6.07) is 4.12.